The number of aryl methyl sites for hydroxylation is 1. The Balaban J connectivity index is 1.09. The molecule has 0 spiro atoms. The van der Waals surface area contributed by atoms with E-state index in [1.54, 1.807) is 12.3 Å². The topological polar surface area (TPSA) is 107 Å². The highest BCUT2D eigenvalue weighted by Gasteiger charge is 2.57. The zero-order chi connectivity index (χ0) is 42.6. The number of piperazine rings is 1. The van der Waals surface area contributed by atoms with Gasteiger partial charge in [-0.05, 0) is 66.3 Å². The van der Waals surface area contributed by atoms with Crippen molar-refractivity contribution in [2.45, 2.75) is 51.2 Å². The molecule has 12 heteroatoms. The van der Waals surface area contributed by atoms with Crippen molar-refractivity contribution >= 4 is 22.8 Å². The van der Waals surface area contributed by atoms with Crippen LogP contribution in [0, 0.1) is 18.6 Å². The number of carbonyl (C=O) groups excluding carboxylic acids is 1. The first-order chi connectivity index (χ1) is 29.5. The van der Waals surface area contributed by atoms with Crippen LogP contribution in [-0.4, -0.2) is 78.6 Å². The van der Waals surface area contributed by atoms with Gasteiger partial charge in [0.05, 0.1) is 27.9 Å². The minimum Gasteiger partial charge on any atom is -0.507 e. The molecule has 0 bridgehead atoms. The highest BCUT2D eigenvalue weighted by Crippen LogP contribution is 2.49. The van der Waals surface area contributed by atoms with Gasteiger partial charge in [0, 0.05) is 38.4 Å². The van der Waals surface area contributed by atoms with Crippen molar-refractivity contribution in [3.63, 3.8) is 0 Å². The van der Waals surface area contributed by atoms with E-state index in [1.165, 1.54) is 22.8 Å². The van der Waals surface area contributed by atoms with E-state index in [4.69, 9.17) is 0 Å². The number of anilines is 1. The summed E-state index contributed by atoms with van der Waals surface area (Å²) in [6, 6.07) is 36.8. The van der Waals surface area contributed by atoms with Crippen LogP contribution in [0.15, 0.2) is 132 Å². The molecule has 3 aromatic heterocycles. The average molecular weight is 818 g/mol. The van der Waals surface area contributed by atoms with E-state index in [1.807, 2.05) is 92.1 Å². The van der Waals surface area contributed by atoms with Crippen LogP contribution in [0.5, 0.6) is 5.75 Å². The molecule has 2 aliphatic heterocycles. The lowest BCUT2D eigenvalue weighted by Gasteiger charge is -2.42. The Labute approximate surface area is 352 Å². The molecular weight excluding hydrogens is 773 g/mol. The number of halogens is 2. The molecular formula is C49H45F2N7O3. The number of phenols is 1. The molecule has 9 rings (SSSR count). The molecule has 0 aliphatic carbocycles. The zero-order valence-corrected chi connectivity index (χ0v) is 34.3. The summed E-state index contributed by atoms with van der Waals surface area (Å²) < 4.78 is 32.9. The molecule has 2 aliphatic rings. The van der Waals surface area contributed by atoms with Gasteiger partial charge in [0.1, 0.15) is 29.1 Å². The Hall–Kier alpha value is -6.79. The number of hydrogen-bond donors (Lipinski definition) is 1. The first-order valence-corrected chi connectivity index (χ1v) is 20.6. The molecule has 0 saturated carbocycles. The minimum absolute atomic E-state index is 0.00205. The fourth-order valence-corrected chi connectivity index (χ4v) is 9.17. The summed E-state index contributed by atoms with van der Waals surface area (Å²) in [5, 5.41) is 10.9. The van der Waals surface area contributed by atoms with Gasteiger partial charge in [-0.2, -0.15) is 4.98 Å². The van der Waals surface area contributed by atoms with Gasteiger partial charge in [-0.25, -0.2) is 23.1 Å². The molecule has 10 nitrogen and oxygen atoms in total. The second kappa shape index (κ2) is 15.7. The fraction of sp³-hybridized carbons (Fsp3) is 0.245. The Morgan fingerprint density at radius 2 is 1.43 bits per heavy atom. The van der Waals surface area contributed by atoms with Crippen LogP contribution in [0.1, 0.15) is 54.6 Å². The number of amides is 1. The maximum absolute atomic E-state index is 16.4. The van der Waals surface area contributed by atoms with Crippen molar-refractivity contribution in [1.29, 1.82) is 0 Å². The molecule has 1 N–H and O–H groups in total. The highest BCUT2D eigenvalue weighted by atomic mass is 19.1. The van der Waals surface area contributed by atoms with Crippen molar-refractivity contribution < 1.29 is 18.7 Å². The monoisotopic (exact) mass is 817 g/mol. The van der Waals surface area contributed by atoms with Crippen LogP contribution in [0.3, 0.4) is 0 Å². The molecule has 2 saturated heterocycles. The number of carbonyl (C=O) groups is 1. The number of phenolic OH excluding ortho intramolecular Hbond substituents is 1. The average Bonchev–Trinajstić information content (AvgIpc) is 4.06. The molecule has 1 amide bonds. The smallest absolute Gasteiger partial charge is 0.355 e. The Morgan fingerprint density at radius 3 is 2.00 bits per heavy atom. The van der Waals surface area contributed by atoms with E-state index < -0.39 is 45.9 Å². The first kappa shape index (κ1) is 39.7. The lowest BCUT2D eigenvalue weighted by molar-refractivity contribution is -0.132. The van der Waals surface area contributed by atoms with Gasteiger partial charge in [0.25, 0.3) is 0 Å². The van der Waals surface area contributed by atoms with Crippen molar-refractivity contribution in [3.8, 4) is 22.7 Å². The fourth-order valence-electron chi connectivity index (χ4n) is 9.17. The zero-order valence-electron chi connectivity index (χ0n) is 34.3. The van der Waals surface area contributed by atoms with Crippen molar-refractivity contribution in [1.82, 2.24) is 29.3 Å². The molecule has 61 heavy (non-hydrogen) atoms. The summed E-state index contributed by atoms with van der Waals surface area (Å²) in [6.07, 6.45) is 1.66. The van der Waals surface area contributed by atoms with Crippen LogP contribution in [0.2, 0.25) is 0 Å². The molecule has 2 fully saturated rings. The summed E-state index contributed by atoms with van der Waals surface area (Å²) in [4.78, 5) is 48.9. The number of benzene rings is 4. The summed E-state index contributed by atoms with van der Waals surface area (Å²) in [6.45, 7) is 9.18. The van der Waals surface area contributed by atoms with Gasteiger partial charge in [0.2, 0.25) is 5.91 Å². The van der Waals surface area contributed by atoms with E-state index in [0.29, 0.717) is 43.1 Å². The number of rotatable bonds is 9. The number of nitrogens with zero attached hydrogens (tertiary/aromatic N) is 7. The first-order valence-electron chi connectivity index (χ1n) is 20.6. The van der Waals surface area contributed by atoms with E-state index in [9.17, 15) is 14.7 Å². The third-order valence-corrected chi connectivity index (χ3v) is 12.1. The van der Waals surface area contributed by atoms with E-state index in [-0.39, 0.29) is 34.7 Å². The number of fused-ring (bicyclic) bond motifs is 1. The van der Waals surface area contributed by atoms with Crippen LogP contribution in [0.4, 0.5) is 14.6 Å². The summed E-state index contributed by atoms with van der Waals surface area (Å²) in [5.41, 5.74) is 2.71. The Bertz CT molecular complexity index is 2720. The summed E-state index contributed by atoms with van der Waals surface area (Å²) in [5.74, 6) is -2.18. The minimum atomic E-state index is -0.901. The van der Waals surface area contributed by atoms with E-state index in [2.05, 4.69) is 56.3 Å². The maximum Gasteiger partial charge on any atom is 0.355 e. The quantitative estimate of drug-likeness (QED) is 0.116. The number of hydrogen-bond acceptors (Lipinski definition) is 8. The molecule has 2 unspecified atom stereocenters. The molecule has 3 atom stereocenters. The Morgan fingerprint density at radius 1 is 0.803 bits per heavy atom. The second-order valence-corrected chi connectivity index (χ2v) is 16.2. The molecule has 308 valence electrons. The van der Waals surface area contributed by atoms with Crippen LogP contribution < -0.4 is 10.6 Å². The summed E-state index contributed by atoms with van der Waals surface area (Å²) >= 11 is 0. The van der Waals surface area contributed by atoms with Gasteiger partial charge in [-0.3, -0.25) is 14.7 Å². The normalized spacial score (nSPS) is 17.9. The highest BCUT2D eigenvalue weighted by molar-refractivity contribution is 5.91. The molecule has 4 aromatic carbocycles. The van der Waals surface area contributed by atoms with E-state index >= 15 is 8.78 Å². The van der Waals surface area contributed by atoms with Gasteiger partial charge in [-0.1, -0.05) is 111 Å². The van der Waals surface area contributed by atoms with Gasteiger partial charge < -0.3 is 14.9 Å². The Kier molecular flexibility index (Phi) is 10.2. The third kappa shape index (κ3) is 6.71. The van der Waals surface area contributed by atoms with Crippen molar-refractivity contribution in [2.75, 3.05) is 31.1 Å². The lowest BCUT2D eigenvalue weighted by Crippen LogP contribution is -2.56. The predicted molar refractivity (Wildman–Crippen MR) is 232 cm³/mol. The third-order valence-electron chi connectivity index (χ3n) is 12.1. The number of pyridine rings is 2. The molecule has 7 aromatic rings. The molecule has 0 radical (unpaired) electrons. The van der Waals surface area contributed by atoms with Gasteiger partial charge in [-0.15, -0.1) is 0 Å². The molecule has 5 heterocycles. The summed E-state index contributed by atoms with van der Waals surface area (Å²) in [7, 11) is 0. The van der Waals surface area contributed by atoms with Crippen LogP contribution in [-0.2, 0) is 10.3 Å². The number of aromatic nitrogens is 4. The number of aromatic hydroxyl groups is 1. The largest absolute Gasteiger partial charge is 0.507 e. The SMILES string of the molecule is Cc1ccnc(C(C)C)c1-n1c(=O)nc(N2CCN(C(=O)C3C[N@@]3C(c3ccccc3)(c3ccccc3)c3ccccc3)CC2C)c2cc(F)c(-c3c(O)cccc3F)nc21. The van der Waals surface area contributed by atoms with Crippen LogP contribution in [0.25, 0.3) is 28.0 Å². The van der Waals surface area contributed by atoms with Crippen molar-refractivity contribution in [3.05, 3.63) is 178 Å². The lowest BCUT2D eigenvalue weighted by atomic mass is 9.76. The van der Waals surface area contributed by atoms with E-state index in [0.717, 1.165) is 22.8 Å². The van der Waals surface area contributed by atoms with Gasteiger partial charge in [0.15, 0.2) is 11.5 Å². The predicted octanol–water partition coefficient (Wildman–Crippen LogP) is 7.97. The van der Waals surface area contributed by atoms with Crippen molar-refractivity contribution in [2.24, 2.45) is 0 Å². The van der Waals surface area contributed by atoms with Gasteiger partial charge >= 0.3 is 5.69 Å². The van der Waals surface area contributed by atoms with Crippen LogP contribution >= 0.6 is 0 Å². The second-order valence-electron chi connectivity index (χ2n) is 16.2. The maximum atomic E-state index is 16.4. The standard InChI is InChI=1S/C49H45F2N7O3/c1-30(2)42-44(31(3)23-24-52-42)58-46-36(27-38(51)43(53-46)41-37(50)21-14-22-40(41)59)45(54-48(58)61)56-26-25-55(28-32(56)4)47(60)39-29-57(39)49(33-15-8-5-9-16-33,34-17-10-6-11-18-34)35-19-12-7-13-20-35/h5-24,27,30,32,39,59H,25-26,28-29H2,1-4H3/t32?,39?,57-/m1/s1.